The second-order valence-electron chi connectivity index (χ2n) is 8.37. The number of rotatable bonds is 5. The van der Waals surface area contributed by atoms with E-state index >= 15 is 0 Å². The zero-order valence-electron chi connectivity index (χ0n) is 19.7. The van der Waals surface area contributed by atoms with E-state index in [0.29, 0.717) is 47.5 Å². The fourth-order valence-electron chi connectivity index (χ4n) is 3.89. The Morgan fingerprint density at radius 2 is 2.06 bits per heavy atom. The smallest absolute Gasteiger partial charge is 0.410 e. The Morgan fingerprint density at radius 3 is 2.74 bits per heavy atom. The third-order valence-corrected chi connectivity index (χ3v) is 5.75. The molecule has 0 spiro atoms. The lowest BCUT2D eigenvalue weighted by atomic mass is 10.2. The van der Waals surface area contributed by atoms with Crippen LogP contribution in [-0.4, -0.2) is 74.6 Å². The Labute approximate surface area is 201 Å². The lowest BCUT2D eigenvalue weighted by molar-refractivity contribution is -0.125. The summed E-state index contributed by atoms with van der Waals surface area (Å²) in [5.74, 6) is -0.169. The van der Waals surface area contributed by atoms with Crippen molar-refractivity contribution in [3.8, 4) is 5.75 Å². The van der Waals surface area contributed by atoms with Crippen molar-refractivity contribution in [3.63, 3.8) is 0 Å². The number of nitrogen functional groups attached to an aromatic ring is 1. The predicted molar refractivity (Wildman–Crippen MR) is 129 cm³/mol. The number of likely N-dealkylation sites (tertiary alicyclic amines) is 1. The van der Waals surface area contributed by atoms with Crippen molar-refractivity contribution in [1.29, 1.82) is 0 Å². The van der Waals surface area contributed by atoms with Crippen LogP contribution in [0.2, 0.25) is 0 Å². The maximum absolute atomic E-state index is 13.3. The average Bonchev–Trinajstić information content (AvgIpc) is 3.46. The van der Waals surface area contributed by atoms with Crippen LogP contribution in [-0.2, 0) is 4.79 Å². The van der Waals surface area contributed by atoms with E-state index in [1.165, 1.54) is 17.3 Å². The van der Waals surface area contributed by atoms with Crippen LogP contribution in [0.3, 0.4) is 0 Å². The second kappa shape index (κ2) is 9.41. The molecule has 4 rings (SSSR count). The fraction of sp³-hybridized carbons (Fsp3) is 0.304. The van der Waals surface area contributed by atoms with Crippen molar-refractivity contribution in [2.75, 3.05) is 38.2 Å². The van der Waals surface area contributed by atoms with Crippen molar-refractivity contribution in [2.24, 2.45) is 0 Å². The molecular weight excluding hydrogens is 452 g/mol. The molecule has 182 valence electrons. The van der Waals surface area contributed by atoms with Gasteiger partial charge in [-0.2, -0.15) is 5.10 Å². The van der Waals surface area contributed by atoms with Gasteiger partial charge in [0, 0.05) is 32.9 Å². The lowest BCUT2D eigenvalue weighted by Gasteiger charge is -2.14. The standard InChI is InChI=1S/C23H26N8O4/c1-5-17(32)30-9-8-14(11-30)31-21-18(20(24)25-12-26-21)19(28-31)22(33)27-16-7-6-15(10-13(16)2)35-23(34)29(3)4/h5-7,10,12,14H,1,8-9,11H2,2-4H3,(H,27,33)(H2,24,25,26). The first-order valence-electron chi connectivity index (χ1n) is 10.9. The molecule has 12 heteroatoms. The summed E-state index contributed by atoms with van der Waals surface area (Å²) in [6, 6.07) is 4.70. The minimum atomic E-state index is -0.506. The molecule has 0 radical (unpaired) electrons. The van der Waals surface area contributed by atoms with Gasteiger partial charge in [-0.05, 0) is 43.2 Å². The van der Waals surface area contributed by atoms with Gasteiger partial charge in [0.1, 0.15) is 17.9 Å². The molecule has 1 atom stereocenters. The number of aromatic nitrogens is 4. The minimum Gasteiger partial charge on any atom is -0.410 e. The number of hydrogen-bond acceptors (Lipinski definition) is 8. The Kier molecular flexibility index (Phi) is 6.36. The van der Waals surface area contributed by atoms with E-state index < -0.39 is 12.0 Å². The average molecular weight is 479 g/mol. The van der Waals surface area contributed by atoms with Crippen LogP contribution < -0.4 is 15.8 Å². The Bertz CT molecular complexity index is 1330. The molecule has 1 fully saturated rings. The van der Waals surface area contributed by atoms with Gasteiger partial charge in [0.25, 0.3) is 5.91 Å². The number of carbonyl (C=O) groups excluding carboxylic acids is 3. The highest BCUT2D eigenvalue weighted by Crippen LogP contribution is 2.30. The van der Waals surface area contributed by atoms with Gasteiger partial charge in [-0.25, -0.2) is 19.4 Å². The van der Waals surface area contributed by atoms with E-state index in [9.17, 15) is 14.4 Å². The monoisotopic (exact) mass is 478 g/mol. The molecule has 0 saturated carbocycles. The van der Waals surface area contributed by atoms with Crippen molar-refractivity contribution in [1.82, 2.24) is 29.5 Å². The van der Waals surface area contributed by atoms with Gasteiger partial charge < -0.3 is 25.6 Å². The van der Waals surface area contributed by atoms with Crippen molar-refractivity contribution < 1.29 is 19.1 Å². The number of nitrogens with two attached hydrogens (primary N) is 1. The maximum Gasteiger partial charge on any atom is 0.414 e. The quantitative estimate of drug-likeness (QED) is 0.529. The van der Waals surface area contributed by atoms with Gasteiger partial charge in [-0.3, -0.25) is 9.59 Å². The van der Waals surface area contributed by atoms with Gasteiger partial charge in [-0.1, -0.05) is 6.58 Å². The van der Waals surface area contributed by atoms with Crippen LogP contribution in [0.5, 0.6) is 5.75 Å². The zero-order valence-corrected chi connectivity index (χ0v) is 19.7. The van der Waals surface area contributed by atoms with Crippen LogP contribution in [0, 0.1) is 6.92 Å². The number of nitrogens with zero attached hydrogens (tertiary/aromatic N) is 6. The van der Waals surface area contributed by atoms with Gasteiger partial charge in [0.05, 0.1) is 11.4 Å². The third kappa shape index (κ3) is 4.63. The molecule has 35 heavy (non-hydrogen) atoms. The summed E-state index contributed by atoms with van der Waals surface area (Å²) >= 11 is 0. The zero-order chi connectivity index (χ0) is 25.3. The number of benzene rings is 1. The summed E-state index contributed by atoms with van der Waals surface area (Å²) in [7, 11) is 3.17. The first-order chi connectivity index (χ1) is 16.7. The number of amides is 3. The largest absolute Gasteiger partial charge is 0.414 e. The summed E-state index contributed by atoms with van der Waals surface area (Å²) < 4.78 is 6.89. The summed E-state index contributed by atoms with van der Waals surface area (Å²) in [6.45, 7) is 6.27. The van der Waals surface area contributed by atoms with Crippen molar-refractivity contribution in [2.45, 2.75) is 19.4 Å². The first kappa shape index (κ1) is 23.7. The molecule has 1 aromatic carbocycles. The maximum atomic E-state index is 13.3. The number of anilines is 2. The first-order valence-corrected chi connectivity index (χ1v) is 10.9. The molecule has 3 amide bonds. The SMILES string of the molecule is C=CC(=O)N1CCC(n2nc(C(=O)Nc3ccc(OC(=O)N(C)C)cc3C)c3c(N)ncnc32)C1. The molecule has 12 nitrogen and oxygen atoms in total. The lowest BCUT2D eigenvalue weighted by Crippen LogP contribution is -2.27. The number of carbonyl (C=O) groups is 3. The number of ether oxygens (including phenoxy) is 1. The van der Waals surface area contributed by atoms with E-state index in [1.54, 1.807) is 48.8 Å². The number of aryl methyl sites for hydroxylation is 1. The summed E-state index contributed by atoms with van der Waals surface area (Å²) in [5, 5.41) is 7.71. The number of nitrogens with one attached hydrogen (secondary N) is 1. The van der Waals surface area contributed by atoms with Crippen LogP contribution in [0.25, 0.3) is 11.0 Å². The molecule has 3 heterocycles. The topological polar surface area (TPSA) is 149 Å². The van der Waals surface area contributed by atoms with E-state index in [1.807, 2.05) is 0 Å². The summed E-state index contributed by atoms with van der Waals surface area (Å²) in [4.78, 5) is 48.4. The number of hydrogen-bond donors (Lipinski definition) is 2. The van der Waals surface area contributed by atoms with E-state index in [2.05, 4.69) is 27.0 Å². The van der Waals surface area contributed by atoms with Crippen LogP contribution in [0.1, 0.15) is 28.5 Å². The molecule has 3 aromatic rings. The van der Waals surface area contributed by atoms with Gasteiger partial charge in [-0.15, -0.1) is 0 Å². The van der Waals surface area contributed by atoms with Crippen LogP contribution in [0.4, 0.5) is 16.3 Å². The fourth-order valence-corrected chi connectivity index (χ4v) is 3.89. The molecule has 1 aliphatic heterocycles. The highest BCUT2D eigenvalue weighted by atomic mass is 16.6. The third-order valence-electron chi connectivity index (χ3n) is 5.75. The Balaban J connectivity index is 1.62. The van der Waals surface area contributed by atoms with E-state index in [-0.39, 0.29) is 23.5 Å². The Morgan fingerprint density at radius 1 is 1.29 bits per heavy atom. The molecule has 2 aromatic heterocycles. The normalized spacial score (nSPS) is 15.2. The second-order valence-corrected chi connectivity index (χ2v) is 8.37. The molecular formula is C23H26N8O4. The summed E-state index contributed by atoms with van der Waals surface area (Å²) in [5.41, 5.74) is 7.80. The predicted octanol–water partition coefficient (Wildman–Crippen LogP) is 1.99. The van der Waals surface area contributed by atoms with E-state index in [0.717, 1.165) is 0 Å². The molecule has 1 unspecified atom stereocenters. The van der Waals surface area contributed by atoms with Gasteiger partial charge >= 0.3 is 6.09 Å². The molecule has 0 aliphatic carbocycles. The van der Waals surface area contributed by atoms with Gasteiger partial charge in [0.2, 0.25) is 5.91 Å². The van der Waals surface area contributed by atoms with Crippen molar-refractivity contribution >= 4 is 40.4 Å². The minimum absolute atomic E-state index is 0.0779. The molecule has 1 saturated heterocycles. The highest BCUT2D eigenvalue weighted by molar-refractivity contribution is 6.13. The molecule has 3 N–H and O–H groups in total. The Hall–Kier alpha value is -4.48. The highest BCUT2D eigenvalue weighted by Gasteiger charge is 2.31. The molecule has 1 aliphatic rings. The van der Waals surface area contributed by atoms with Crippen molar-refractivity contribution in [3.05, 3.63) is 48.4 Å². The molecule has 0 bridgehead atoms. The van der Waals surface area contributed by atoms with Crippen LogP contribution in [0.15, 0.2) is 37.2 Å². The van der Waals surface area contributed by atoms with Crippen LogP contribution >= 0.6 is 0 Å². The van der Waals surface area contributed by atoms with Gasteiger partial charge in [0.15, 0.2) is 11.3 Å². The summed E-state index contributed by atoms with van der Waals surface area (Å²) in [6.07, 6.45) is 2.73. The van der Waals surface area contributed by atoms with E-state index in [4.69, 9.17) is 10.5 Å². The number of fused-ring (bicyclic) bond motifs is 1.